The van der Waals surface area contributed by atoms with Gasteiger partial charge in [-0.3, -0.25) is 0 Å². The summed E-state index contributed by atoms with van der Waals surface area (Å²) in [5.74, 6) is 1.99. The third-order valence-corrected chi connectivity index (χ3v) is 4.81. The second kappa shape index (κ2) is 7.67. The first-order chi connectivity index (χ1) is 13.2. The fraction of sp³-hybridized carbons (Fsp3) is 0.208. The van der Waals surface area contributed by atoms with Crippen molar-refractivity contribution in [1.82, 2.24) is 9.55 Å². The zero-order chi connectivity index (χ0) is 18.6. The van der Waals surface area contributed by atoms with Crippen LogP contribution in [0.1, 0.15) is 17.5 Å². The van der Waals surface area contributed by atoms with E-state index >= 15 is 0 Å². The molecule has 0 spiro atoms. The minimum Gasteiger partial charge on any atom is -0.493 e. The number of hydrogen-bond acceptors (Lipinski definition) is 2. The van der Waals surface area contributed by atoms with Gasteiger partial charge in [0.05, 0.1) is 17.6 Å². The number of rotatable bonds is 6. The SMILES string of the molecule is Cc1cccc(-c2nc3ccccc3n2CCCOc2ccccc2C)c1. The Kier molecular flexibility index (Phi) is 4.93. The largest absolute Gasteiger partial charge is 0.493 e. The molecule has 27 heavy (non-hydrogen) atoms. The van der Waals surface area contributed by atoms with Crippen molar-refractivity contribution in [2.45, 2.75) is 26.8 Å². The molecule has 0 amide bonds. The molecule has 0 N–H and O–H groups in total. The monoisotopic (exact) mass is 356 g/mol. The Morgan fingerprint density at radius 3 is 2.56 bits per heavy atom. The van der Waals surface area contributed by atoms with Gasteiger partial charge in [0.15, 0.2) is 0 Å². The number of fused-ring (bicyclic) bond motifs is 1. The van der Waals surface area contributed by atoms with Crippen molar-refractivity contribution in [3.05, 3.63) is 83.9 Å². The van der Waals surface area contributed by atoms with Crippen LogP contribution in [0, 0.1) is 13.8 Å². The van der Waals surface area contributed by atoms with Crippen LogP contribution in [0.4, 0.5) is 0 Å². The first-order valence-corrected chi connectivity index (χ1v) is 9.43. The molecule has 1 heterocycles. The quantitative estimate of drug-likeness (QED) is 0.409. The zero-order valence-corrected chi connectivity index (χ0v) is 15.9. The van der Waals surface area contributed by atoms with E-state index in [1.165, 1.54) is 16.6 Å². The molecule has 0 aliphatic rings. The fourth-order valence-electron chi connectivity index (χ4n) is 3.43. The number of benzene rings is 3. The molecule has 3 heteroatoms. The Morgan fingerprint density at radius 2 is 1.70 bits per heavy atom. The third-order valence-electron chi connectivity index (χ3n) is 4.81. The summed E-state index contributed by atoms with van der Waals surface area (Å²) in [5.41, 5.74) is 5.78. The van der Waals surface area contributed by atoms with Crippen LogP contribution in [0.3, 0.4) is 0 Å². The number of ether oxygens (including phenoxy) is 1. The average molecular weight is 356 g/mol. The molecule has 0 radical (unpaired) electrons. The molecule has 3 aromatic carbocycles. The number of imidazole rings is 1. The second-order valence-electron chi connectivity index (χ2n) is 6.91. The predicted octanol–water partition coefficient (Wildman–Crippen LogP) is 5.79. The molecule has 3 nitrogen and oxygen atoms in total. The van der Waals surface area contributed by atoms with Gasteiger partial charge in [-0.05, 0) is 50.1 Å². The van der Waals surface area contributed by atoms with Gasteiger partial charge in [-0.25, -0.2) is 4.98 Å². The second-order valence-corrected chi connectivity index (χ2v) is 6.91. The summed E-state index contributed by atoms with van der Waals surface area (Å²) in [7, 11) is 0. The molecule has 0 saturated carbocycles. The maximum absolute atomic E-state index is 5.98. The summed E-state index contributed by atoms with van der Waals surface area (Å²) in [6.45, 7) is 5.75. The van der Waals surface area contributed by atoms with Crippen molar-refractivity contribution in [2.24, 2.45) is 0 Å². The molecule has 0 fully saturated rings. The minimum absolute atomic E-state index is 0.685. The molecule has 1 aromatic heterocycles. The van der Waals surface area contributed by atoms with Crippen LogP contribution in [0.15, 0.2) is 72.8 Å². The van der Waals surface area contributed by atoms with E-state index < -0.39 is 0 Å². The molecule has 0 atom stereocenters. The highest BCUT2D eigenvalue weighted by atomic mass is 16.5. The smallest absolute Gasteiger partial charge is 0.141 e. The maximum Gasteiger partial charge on any atom is 0.141 e. The van der Waals surface area contributed by atoms with Gasteiger partial charge in [-0.1, -0.05) is 54.1 Å². The topological polar surface area (TPSA) is 27.1 Å². The van der Waals surface area contributed by atoms with Gasteiger partial charge in [0.25, 0.3) is 0 Å². The number of aromatic nitrogens is 2. The van der Waals surface area contributed by atoms with Crippen molar-refractivity contribution < 1.29 is 4.74 Å². The van der Waals surface area contributed by atoms with Gasteiger partial charge in [0.1, 0.15) is 11.6 Å². The molecule has 0 unspecified atom stereocenters. The van der Waals surface area contributed by atoms with Crippen LogP contribution in [0.2, 0.25) is 0 Å². The lowest BCUT2D eigenvalue weighted by molar-refractivity contribution is 0.301. The van der Waals surface area contributed by atoms with Crippen LogP contribution in [0.25, 0.3) is 22.4 Å². The predicted molar refractivity (Wildman–Crippen MR) is 111 cm³/mol. The van der Waals surface area contributed by atoms with Crippen molar-refractivity contribution >= 4 is 11.0 Å². The van der Waals surface area contributed by atoms with Gasteiger partial charge >= 0.3 is 0 Å². The Balaban J connectivity index is 1.57. The van der Waals surface area contributed by atoms with Crippen molar-refractivity contribution in [3.8, 4) is 17.1 Å². The Bertz CT molecular complexity index is 1060. The van der Waals surface area contributed by atoms with E-state index in [4.69, 9.17) is 9.72 Å². The first kappa shape index (κ1) is 17.3. The number of hydrogen-bond donors (Lipinski definition) is 0. The van der Waals surface area contributed by atoms with E-state index in [0.717, 1.165) is 35.6 Å². The van der Waals surface area contributed by atoms with Gasteiger partial charge < -0.3 is 9.30 Å². The molecule has 4 aromatic rings. The fourth-order valence-corrected chi connectivity index (χ4v) is 3.43. The summed E-state index contributed by atoms with van der Waals surface area (Å²) >= 11 is 0. The highest BCUT2D eigenvalue weighted by Crippen LogP contribution is 2.26. The van der Waals surface area contributed by atoms with Crippen LogP contribution < -0.4 is 4.74 Å². The van der Waals surface area contributed by atoms with E-state index in [1.54, 1.807) is 0 Å². The van der Waals surface area contributed by atoms with E-state index in [-0.39, 0.29) is 0 Å². The Labute approximate surface area is 160 Å². The zero-order valence-electron chi connectivity index (χ0n) is 15.9. The molecular weight excluding hydrogens is 332 g/mol. The van der Waals surface area contributed by atoms with E-state index in [0.29, 0.717) is 6.61 Å². The molecule has 0 aliphatic carbocycles. The normalized spacial score (nSPS) is 11.0. The first-order valence-electron chi connectivity index (χ1n) is 9.43. The van der Waals surface area contributed by atoms with Crippen molar-refractivity contribution in [2.75, 3.05) is 6.61 Å². The molecular formula is C24H24N2O. The van der Waals surface area contributed by atoms with Crippen molar-refractivity contribution in [1.29, 1.82) is 0 Å². The third kappa shape index (κ3) is 3.72. The van der Waals surface area contributed by atoms with Crippen LogP contribution in [0.5, 0.6) is 5.75 Å². The maximum atomic E-state index is 5.98. The van der Waals surface area contributed by atoms with E-state index in [9.17, 15) is 0 Å². The summed E-state index contributed by atoms with van der Waals surface area (Å²) in [4.78, 5) is 4.90. The highest BCUT2D eigenvalue weighted by molar-refractivity contribution is 5.80. The summed E-state index contributed by atoms with van der Waals surface area (Å²) in [6, 6.07) is 25.0. The van der Waals surface area contributed by atoms with Crippen molar-refractivity contribution in [3.63, 3.8) is 0 Å². The van der Waals surface area contributed by atoms with E-state index in [1.807, 2.05) is 24.3 Å². The van der Waals surface area contributed by atoms with Gasteiger partial charge in [0, 0.05) is 12.1 Å². The molecule has 0 saturated heterocycles. The van der Waals surface area contributed by atoms with Crippen LogP contribution >= 0.6 is 0 Å². The lowest BCUT2D eigenvalue weighted by Gasteiger charge is -2.12. The highest BCUT2D eigenvalue weighted by Gasteiger charge is 2.12. The van der Waals surface area contributed by atoms with Gasteiger partial charge in [-0.2, -0.15) is 0 Å². The van der Waals surface area contributed by atoms with Crippen LogP contribution in [-0.4, -0.2) is 16.2 Å². The summed E-state index contributed by atoms with van der Waals surface area (Å²) < 4.78 is 8.29. The molecule has 4 rings (SSSR count). The van der Waals surface area contributed by atoms with Gasteiger partial charge in [-0.15, -0.1) is 0 Å². The lowest BCUT2D eigenvalue weighted by Crippen LogP contribution is -2.06. The molecule has 0 bridgehead atoms. The van der Waals surface area contributed by atoms with Crippen LogP contribution in [-0.2, 0) is 6.54 Å². The standard InChI is InChI=1S/C24H24N2O/c1-18-9-7-11-20(17-18)24-25-21-12-4-5-13-22(21)26(24)15-8-16-27-23-14-6-3-10-19(23)2/h3-7,9-14,17H,8,15-16H2,1-2H3. The number of nitrogens with zero attached hydrogens (tertiary/aromatic N) is 2. The number of aryl methyl sites for hydroxylation is 3. The molecule has 0 aliphatic heterocycles. The summed E-state index contributed by atoms with van der Waals surface area (Å²) in [5, 5.41) is 0. The summed E-state index contributed by atoms with van der Waals surface area (Å²) in [6.07, 6.45) is 0.924. The average Bonchev–Trinajstić information content (AvgIpc) is 3.05. The lowest BCUT2D eigenvalue weighted by atomic mass is 10.1. The Morgan fingerprint density at radius 1 is 0.889 bits per heavy atom. The number of para-hydroxylation sites is 3. The Hall–Kier alpha value is -3.07. The van der Waals surface area contributed by atoms with Gasteiger partial charge in [0.2, 0.25) is 0 Å². The molecule has 136 valence electrons. The van der Waals surface area contributed by atoms with E-state index in [2.05, 4.69) is 66.9 Å². The minimum atomic E-state index is 0.685.